The first-order valence-corrected chi connectivity index (χ1v) is 8.52. The molecule has 0 bridgehead atoms. The zero-order valence-corrected chi connectivity index (χ0v) is 13.8. The molecule has 21 heavy (non-hydrogen) atoms. The highest BCUT2D eigenvalue weighted by atomic mass is 16.6. The third-order valence-electron chi connectivity index (χ3n) is 4.68. The summed E-state index contributed by atoms with van der Waals surface area (Å²) in [5.74, 6) is 0. The van der Waals surface area contributed by atoms with Gasteiger partial charge in [0.25, 0.3) is 0 Å². The molecular formula is C16H31N3O2. The van der Waals surface area contributed by atoms with Gasteiger partial charge in [-0.25, -0.2) is 4.79 Å². The molecule has 5 heteroatoms. The van der Waals surface area contributed by atoms with Gasteiger partial charge in [0.2, 0.25) is 0 Å². The highest BCUT2D eigenvalue weighted by molar-refractivity contribution is 5.67. The van der Waals surface area contributed by atoms with Gasteiger partial charge in [-0.15, -0.1) is 0 Å². The van der Waals surface area contributed by atoms with Crippen molar-refractivity contribution in [3.63, 3.8) is 0 Å². The fourth-order valence-electron chi connectivity index (χ4n) is 3.49. The number of nitrogens with one attached hydrogen (secondary N) is 1. The van der Waals surface area contributed by atoms with Crippen molar-refractivity contribution < 1.29 is 9.53 Å². The molecule has 1 amide bonds. The van der Waals surface area contributed by atoms with E-state index in [-0.39, 0.29) is 18.2 Å². The molecule has 2 fully saturated rings. The van der Waals surface area contributed by atoms with Crippen LogP contribution in [0, 0.1) is 0 Å². The van der Waals surface area contributed by atoms with Gasteiger partial charge in [0.05, 0.1) is 6.10 Å². The second-order valence-corrected chi connectivity index (χ2v) is 6.59. The van der Waals surface area contributed by atoms with E-state index in [0.717, 1.165) is 19.4 Å². The Bertz CT molecular complexity index is 327. The minimum Gasteiger partial charge on any atom is -0.447 e. The maximum atomic E-state index is 11.7. The minimum absolute atomic E-state index is 0.0495. The molecule has 1 saturated carbocycles. The number of carbonyl (C=O) groups excluding carboxylic acids is 1. The molecule has 1 N–H and O–H groups in total. The predicted octanol–water partition coefficient (Wildman–Crippen LogP) is 2.07. The quantitative estimate of drug-likeness (QED) is 0.863. The number of piperazine rings is 1. The van der Waals surface area contributed by atoms with Gasteiger partial charge in [0.15, 0.2) is 0 Å². The number of alkyl carbamates (subject to hydrolysis) is 1. The van der Waals surface area contributed by atoms with E-state index in [0.29, 0.717) is 6.04 Å². The average Bonchev–Trinajstić information content (AvgIpc) is 2.46. The zero-order chi connectivity index (χ0) is 15.2. The Morgan fingerprint density at radius 1 is 1.24 bits per heavy atom. The SMILES string of the molecule is CCN1CCN(C2CCCC(NC(=O)OC(C)C)C2)CC1. The Balaban J connectivity index is 1.77. The van der Waals surface area contributed by atoms with Crippen molar-refractivity contribution in [3.05, 3.63) is 0 Å². The first kappa shape index (κ1) is 16.6. The molecule has 2 aliphatic rings. The monoisotopic (exact) mass is 297 g/mol. The summed E-state index contributed by atoms with van der Waals surface area (Å²) in [6.45, 7) is 11.9. The van der Waals surface area contributed by atoms with Gasteiger partial charge in [-0.05, 0) is 46.1 Å². The molecule has 2 rings (SSSR count). The summed E-state index contributed by atoms with van der Waals surface area (Å²) in [6, 6.07) is 0.904. The average molecular weight is 297 g/mol. The van der Waals surface area contributed by atoms with Crippen LogP contribution in [0.2, 0.25) is 0 Å². The Kier molecular flexibility index (Phi) is 6.30. The van der Waals surface area contributed by atoms with Crippen molar-refractivity contribution in [2.24, 2.45) is 0 Å². The largest absolute Gasteiger partial charge is 0.447 e. The van der Waals surface area contributed by atoms with Crippen molar-refractivity contribution in [3.8, 4) is 0 Å². The van der Waals surface area contributed by atoms with E-state index in [1.54, 1.807) is 0 Å². The van der Waals surface area contributed by atoms with Crippen LogP contribution in [0.15, 0.2) is 0 Å². The second kappa shape index (κ2) is 7.99. The van der Waals surface area contributed by atoms with Gasteiger partial charge in [-0.3, -0.25) is 4.90 Å². The third-order valence-corrected chi connectivity index (χ3v) is 4.68. The Hall–Kier alpha value is -0.810. The predicted molar refractivity (Wildman–Crippen MR) is 84.5 cm³/mol. The lowest BCUT2D eigenvalue weighted by atomic mass is 9.89. The van der Waals surface area contributed by atoms with E-state index in [2.05, 4.69) is 22.0 Å². The maximum Gasteiger partial charge on any atom is 0.407 e. The van der Waals surface area contributed by atoms with Crippen LogP contribution in [-0.2, 0) is 4.74 Å². The smallest absolute Gasteiger partial charge is 0.407 e. The van der Waals surface area contributed by atoms with E-state index in [4.69, 9.17) is 4.74 Å². The van der Waals surface area contributed by atoms with Crippen LogP contribution in [0.5, 0.6) is 0 Å². The zero-order valence-electron chi connectivity index (χ0n) is 13.8. The Labute approximate surface area is 129 Å². The molecule has 1 aliphatic heterocycles. The highest BCUT2D eigenvalue weighted by Gasteiger charge is 2.29. The van der Waals surface area contributed by atoms with Crippen LogP contribution in [-0.4, -0.2) is 66.8 Å². The van der Waals surface area contributed by atoms with Crippen LogP contribution in [0.4, 0.5) is 4.79 Å². The standard InChI is InChI=1S/C16H31N3O2/c1-4-18-8-10-19(11-9-18)15-7-5-6-14(12-15)17-16(20)21-13(2)3/h13-15H,4-12H2,1-3H3,(H,17,20). The van der Waals surface area contributed by atoms with Crippen molar-refractivity contribution in [2.75, 3.05) is 32.7 Å². The van der Waals surface area contributed by atoms with Gasteiger partial charge >= 0.3 is 6.09 Å². The number of ether oxygens (including phenoxy) is 1. The number of likely N-dealkylation sites (N-methyl/N-ethyl adjacent to an activating group) is 1. The van der Waals surface area contributed by atoms with Gasteiger partial charge < -0.3 is 15.0 Å². The van der Waals surface area contributed by atoms with Gasteiger partial charge in [0, 0.05) is 38.3 Å². The normalized spacial score (nSPS) is 28.6. The molecule has 0 spiro atoms. The molecule has 1 saturated heterocycles. The van der Waals surface area contributed by atoms with Crippen molar-refractivity contribution in [1.29, 1.82) is 0 Å². The van der Waals surface area contributed by atoms with Crippen LogP contribution >= 0.6 is 0 Å². The van der Waals surface area contributed by atoms with Gasteiger partial charge in [-0.2, -0.15) is 0 Å². The molecule has 0 aromatic rings. The summed E-state index contributed by atoms with van der Waals surface area (Å²) in [7, 11) is 0. The lowest BCUT2D eigenvalue weighted by Crippen LogP contribution is -2.53. The highest BCUT2D eigenvalue weighted by Crippen LogP contribution is 2.24. The van der Waals surface area contributed by atoms with E-state index in [1.165, 1.54) is 39.0 Å². The number of carbonyl (C=O) groups is 1. The first-order valence-electron chi connectivity index (χ1n) is 8.52. The fraction of sp³-hybridized carbons (Fsp3) is 0.938. The van der Waals surface area contributed by atoms with Crippen LogP contribution in [0.25, 0.3) is 0 Å². The van der Waals surface area contributed by atoms with E-state index >= 15 is 0 Å². The maximum absolute atomic E-state index is 11.7. The molecule has 0 aromatic carbocycles. The number of amides is 1. The Morgan fingerprint density at radius 2 is 1.95 bits per heavy atom. The summed E-state index contributed by atoms with van der Waals surface area (Å²) in [4.78, 5) is 16.9. The van der Waals surface area contributed by atoms with Crippen molar-refractivity contribution in [2.45, 2.75) is 64.6 Å². The lowest BCUT2D eigenvalue weighted by Gasteiger charge is -2.42. The molecule has 122 valence electrons. The number of hydrogen-bond donors (Lipinski definition) is 1. The molecule has 0 aromatic heterocycles. The lowest BCUT2D eigenvalue weighted by molar-refractivity contribution is 0.0698. The Morgan fingerprint density at radius 3 is 2.57 bits per heavy atom. The summed E-state index contributed by atoms with van der Waals surface area (Å²) in [5, 5.41) is 3.04. The molecule has 2 unspecified atom stereocenters. The minimum atomic E-state index is -0.258. The summed E-state index contributed by atoms with van der Waals surface area (Å²) in [6.07, 6.45) is 4.31. The topological polar surface area (TPSA) is 44.8 Å². The summed E-state index contributed by atoms with van der Waals surface area (Å²) >= 11 is 0. The van der Waals surface area contributed by atoms with Crippen LogP contribution < -0.4 is 5.32 Å². The van der Waals surface area contributed by atoms with Gasteiger partial charge in [-0.1, -0.05) is 6.92 Å². The molecule has 2 atom stereocenters. The molecule has 5 nitrogen and oxygen atoms in total. The molecule has 1 aliphatic carbocycles. The van der Waals surface area contributed by atoms with Crippen LogP contribution in [0.3, 0.4) is 0 Å². The second-order valence-electron chi connectivity index (χ2n) is 6.59. The number of rotatable bonds is 4. The fourth-order valence-corrected chi connectivity index (χ4v) is 3.49. The van der Waals surface area contributed by atoms with Crippen molar-refractivity contribution in [1.82, 2.24) is 15.1 Å². The van der Waals surface area contributed by atoms with Crippen LogP contribution in [0.1, 0.15) is 46.5 Å². The van der Waals surface area contributed by atoms with E-state index in [1.807, 2.05) is 13.8 Å². The summed E-state index contributed by atoms with van der Waals surface area (Å²) < 4.78 is 5.19. The molecule has 0 radical (unpaired) electrons. The van der Waals surface area contributed by atoms with E-state index in [9.17, 15) is 4.79 Å². The van der Waals surface area contributed by atoms with Gasteiger partial charge in [0.1, 0.15) is 0 Å². The number of nitrogens with zero attached hydrogens (tertiary/aromatic N) is 2. The van der Waals surface area contributed by atoms with E-state index < -0.39 is 0 Å². The number of hydrogen-bond acceptors (Lipinski definition) is 4. The third kappa shape index (κ3) is 5.15. The summed E-state index contributed by atoms with van der Waals surface area (Å²) in [5.41, 5.74) is 0. The molecule has 1 heterocycles. The molecular weight excluding hydrogens is 266 g/mol. The first-order chi connectivity index (χ1) is 10.1. The van der Waals surface area contributed by atoms with Crippen molar-refractivity contribution >= 4 is 6.09 Å².